The van der Waals surface area contributed by atoms with Crippen LogP contribution in [0.5, 0.6) is 0 Å². The number of rotatable bonds is 4. The Morgan fingerprint density at radius 2 is 1.86 bits per heavy atom. The SMILES string of the molecule is CC1CCCC1(CNC(=O)c1cc2c(s1)CCCCCC2)C(=O)N1CCCC1. The van der Waals surface area contributed by atoms with Gasteiger partial charge in [0.25, 0.3) is 5.91 Å². The van der Waals surface area contributed by atoms with Crippen LogP contribution in [0, 0.1) is 11.3 Å². The Balaban J connectivity index is 1.46. The monoisotopic (exact) mass is 402 g/mol. The van der Waals surface area contributed by atoms with Crippen molar-refractivity contribution >= 4 is 23.2 Å². The summed E-state index contributed by atoms with van der Waals surface area (Å²) in [7, 11) is 0. The second-order valence-corrected chi connectivity index (χ2v) is 10.2. The highest BCUT2D eigenvalue weighted by atomic mass is 32.1. The smallest absolute Gasteiger partial charge is 0.261 e. The number of hydrogen-bond donors (Lipinski definition) is 1. The molecule has 2 fully saturated rings. The molecular weight excluding hydrogens is 368 g/mol. The first-order valence-corrected chi connectivity index (χ1v) is 12.1. The van der Waals surface area contributed by atoms with Crippen LogP contribution in [0.1, 0.15) is 84.8 Å². The van der Waals surface area contributed by atoms with Crippen LogP contribution in [0.25, 0.3) is 0 Å². The third-order valence-electron chi connectivity index (χ3n) is 7.31. The van der Waals surface area contributed by atoms with Gasteiger partial charge in [0.2, 0.25) is 5.91 Å². The van der Waals surface area contributed by atoms with E-state index in [1.807, 2.05) is 4.90 Å². The fourth-order valence-electron chi connectivity index (χ4n) is 5.42. The molecule has 1 saturated carbocycles. The molecule has 28 heavy (non-hydrogen) atoms. The molecule has 1 aliphatic heterocycles. The summed E-state index contributed by atoms with van der Waals surface area (Å²) in [5.74, 6) is 0.641. The van der Waals surface area contributed by atoms with Crippen LogP contribution in [-0.4, -0.2) is 36.3 Å². The minimum atomic E-state index is -0.397. The number of aryl methyl sites for hydroxylation is 2. The lowest BCUT2D eigenvalue weighted by Gasteiger charge is -2.36. The zero-order valence-corrected chi connectivity index (χ0v) is 18.0. The maximum atomic E-state index is 13.3. The topological polar surface area (TPSA) is 49.4 Å². The molecule has 0 bridgehead atoms. The number of carbonyl (C=O) groups excluding carboxylic acids is 2. The zero-order valence-electron chi connectivity index (χ0n) is 17.2. The number of nitrogens with zero attached hydrogens (tertiary/aromatic N) is 1. The van der Waals surface area contributed by atoms with Crippen LogP contribution in [0.15, 0.2) is 6.07 Å². The predicted molar refractivity (Wildman–Crippen MR) is 114 cm³/mol. The Labute approximate surface area is 173 Å². The number of thiophene rings is 1. The van der Waals surface area contributed by atoms with Crippen molar-refractivity contribution in [2.24, 2.45) is 11.3 Å². The quantitative estimate of drug-likeness (QED) is 0.802. The molecule has 2 aliphatic carbocycles. The summed E-state index contributed by atoms with van der Waals surface area (Å²) in [6.07, 6.45) is 12.6. The number of fused-ring (bicyclic) bond motifs is 1. The molecule has 2 amide bonds. The van der Waals surface area contributed by atoms with E-state index in [-0.39, 0.29) is 11.8 Å². The molecule has 4 nitrogen and oxygen atoms in total. The van der Waals surface area contributed by atoms with E-state index in [0.29, 0.717) is 12.5 Å². The third-order valence-corrected chi connectivity index (χ3v) is 8.54. The maximum Gasteiger partial charge on any atom is 0.261 e. The highest BCUT2D eigenvalue weighted by Crippen LogP contribution is 2.45. The lowest BCUT2D eigenvalue weighted by molar-refractivity contribution is -0.142. The van der Waals surface area contributed by atoms with Crippen molar-refractivity contribution in [3.05, 3.63) is 21.4 Å². The lowest BCUT2D eigenvalue weighted by atomic mass is 9.77. The van der Waals surface area contributed by atoms with Gasteiger partial charge in [-0.2, -0.15) is 0 Å². The number of nitrogens with one attached hydrogen (secondary N) is 1. The molecule has 0 aromatic carbocycles. The Hall–Kier alpha value is -1.36. The summed E-state index contributed by atoms with van der Waals surface area (Å²) >= 11 is 1.67. The molecule has 154 valence electrons. The van der Waals surface area contributed by atoms with Gasteiger partial charge in [0.15, 0.2) is 0 Å². The minimum absolute atomic E-state index is 0.0180. The average molecular weight is 403 g/mol. The summed E-state index contributed by atoms with van der Waals surface area (Å²) in [6.45, 7) is 4.46. The van der Waals surface area contributed by atoms with E-state index in [1.54, 1.807) is 11.3 Å². The second kappa shape index (κ2) is 8.56. The average Bonchev–Trinajstić information content (AvgIpc) is 3.40. The molecule has 2 unspecified atom stereocenters. The van der Waals surface area contributed by atoms with Crippen LogP contribution in [0.2, 0.25) is 0 Å². The van der Waals surface area contributed by atoms with E-state index in [9.17, 15) is 9.59 Å². The normalized spacial score (nSPS) is 27.9. The van der Waals surface area contributed by atoms with Gasteiger partial charge in [-0.05, 0) is 68.9 Å². The highest BCUT2D eigenvalue weighted by Gasteiger charge is 2.49. The molecule has 2 atom stereocenters. The van der Waals surface area contributed by atoms with Gasteiger partial charge in [0.05, 0.1) is 10.3 Å². The van der Waals surface area contributed by atoms with Crippen molar-refractivity contribution < 1.29 is 9.59 Å². The van der Waals surface area contributed by atoms with Gasteiger partial charge in [0.1, 0.15) is 0 Å². The molecule has 1 aromatic heterocycles. The second-order valence-electron chi connectivity index (χ2n) is 9.10. The van der Waals surface area contributed by atoms with E-state index in [1.165, 1.54) is 36.1 Å². The van der Waals surface area contributed by atoms with Crippen molar-refractivity contribution in [2.45, 2.75) is 77.6 Å². The number of amides is 2. The minimum Gasteiger partial charge on any atom is -0.350 e. The van der Waals surface area contributed by atoms with Crippen LogP contribution < -0.4 is 5.32 Å². The molecule has 4 rings (SSSR count). The molecular formula is C23H34N2O2S. The Kier molecular flexibility index (Phi) is 6.10. The Morgan fingerprint density at radius 1 is 1.11 bits per heavy atom. The summed E-state index contributed by atoms with van der Waals surface area (Å²) in [6, 6.07) is 2.12. The van der Waals surface area contributed by atoms with E-state index < -0.39 is 5.41 Å². The Bertz CT molecular complexity index is 697. The van der Waals surface area contributed by atoms with Crippen molar-refractivity contribution in [1.82, 2.24) is 10.2 Å². The van der Waals surface area contributed by atoms with Gasteiger partial charge in [-0.25, -0.2) is 0 Å². The van der Waals surface area contributed by atoms with Crippen LogP contribution in [0.3, 0.4) is 0 Å². The molecule has 2 heterocycles. The van der Waals surface area contributed by atoms with Gasteiger partial charge in [-0.1, -0.05) is 26.2 Å². The van der Waals surface area contributed by atoms with Crippen molar-refractivity contribution in [1.29, 1.82) is 0 Å². The van der Waals surface area contributed by atoms with Gasteiger partial charge in [-0.3, -0.25) is 9.59 Å². The molecule has 0 spiro atoms. The first-order valence-electron chi connectivity index (χ1n) is 11.3. The summed E-state index contributed by atoms with van der Waals surface area (Å²) in [5, 5.41) is 3.18. The molecule has 1 N–H and O–H groups in total. The molecule has 1 saturated heterocycles. The first kappa shape index (κ1) is 19.9. The van der Waals surface area contributed by atoms with Crippen molar-refractivity contribution in [3.8, 4) is 0 Å². The standard InChI is InChI=1S/C23H34N2O2S/c1-17-9-8-12-23(17,22(27)25-13-6-7-14-25)16-24-21(26)20-15-18-10-4-2-3-5-11-19(18)28-20/h15,17H,2-14,16H2,1H3,(H,24,26). The molecule has 5 heteroatoms. The van der Waals surface area contributed by atoms with Gasteiger partial charge in [-0.15, -0.1) is 11.3 Å². The number of likely N-dealkylation sites (tertiary alicyclic amines) is 1. The van der Waals surface area contributed by atoms with Crippen LogP contribution in [0.4, 0.5) is 0 Å². The van der Waals surface area contributed by atoms with E-state index in [4.69, 9.17) is 0 Å². The van der Waals surface area contributed by atoms with E-state index in [2.05, 4.69) is 18.3 Å². The lowest BCUT2D eigenvalue weighted by Crippen LogP contribution is -2.50. The summed E-state index contributed by atoms with van der Waals surface area (Å²) in [4.78, 5) is 30.6. The summed E-state index contributed by atoms with van der Waals surface area (Å²) < 4.78 is 0. The van der Waals surface area contributed by atoms with Crippen LogP contribution >= 0.6 is 11.3 Å². The van der Waals surface area contributed by atoms with Gasteiger partial charge in [0, 0.05) is 24.5 Å². The van der Waals surface area contributed by atoms with Crippen molar-refractivity contribution in [2.75, 3.05) is 19.6 Å². The van der Waals surface area contributed by atoms with Crippen LogP contribution in [-0.2, 0) is 17.6 Å². The third kappa shape index (κ3) is 3.87. The fourth-order valence-corrected chi connectivity index (χ4v) is 6.59. The predicted octanol–water partition coefficient (Wildman–Crippen LogP) is 4.57. The fraction of sp³-hybridized carbons (Fsp3) is 0.739. The maximum absolute atomic E-state index is 13.3. The molecule has 3 aliphatic rings. The molecule has 0 radical (unpaired) electrons. The number of hydrogen-bond acceptors (Lipinski definition) is 3. The first-order chi connectivity index (χ1) is 13.6. The zero-order chi connectivity index (χ0) is 19.6. The Morgan fingerprint density at radius 3 is 2.57 bits per heavy atom. The summed E-state index contributed by atoms with van der Waals surface area (Å²) in [5.41, 5.74) is 0.984. The van der Waals surface area contributed by atoms with Gasteiger partial charge >= 0.3 is 0 Å². The van der Waals surface area contributed by atoms with E-state index in [0.717, 1.165) is 62.9 Å². The molecule has 1 aromatic rings. The number of carbonyl (C=O) groups is 2. The van der Waals surface area contributed by atoms with Gasteiger partial charge < -0.3 is 10.2 Å². The largest absolute Gasteiger partial charge is 0.350 e. The van der Waals surface area contributed by atoms with Crippen molar-refractivity contribution in [3.63, 3.8) is 0 Å². The van der Waals surface area contributed by atoms with E-state index >= 15 is 0 Å². The highest BCUT2D eigenvalue weighted by molar-refractivity contribution is 7.14.